The van der Waals surface area contributed by atoms with Crippen molar-refractivity contribution in [2.24, 2.45) is 5.92 Å². The van der Waals surface area contributed by atoms with E-state index in [1.54, 1.807) is 0 Å². The summed E-state index contributed by atoms with van der Waals surface area (Å²) < 4.78 is 0. The summed E-state index contributed by atoms with van der Waals surface area (Å²) in [7, 11) is 0. The topological polar surface area (TPSA) is 32.3 Å². The minimum atomic E-state index is 0.0335. The predicted octanol–water partition coefficient (Wildman–Crippen LogP) is 2.36. The second-order valence-corrected chi connectivity index (χ2v) is 3.26. The normalized spacial score (nSPS) is 13.3. The first kappa shape index (κ1) is 9.23. The van der Waals surface area contributed by atoms with E-state index in [-0.39, 0.29) is 6.04 Å². The van der Waals surface area contributed by atoms with Gasteiger partial charge in [0.25, 0.3) is 0 Å². The molecule has 0 spiro atoms. The minimum Gasteiger partial charge on any atom is -0.316 e. The molecule has 0 saturated heterocycles. The van der Waals surface area contributed by atoms with Crippen molar-refractivity contribution < 1.29 is 5.21 Å². The van der Waals surface area contributed by atoms with Gasteiger partial charge < -0.3 is 5.21 Å². The van der Waals surface area contributed by atoms with Gasteiger partial charge in [0.15, 0.2) is 0 Å². The Kier molecular flexibility index (Phi) is 3.26. The van der Waals surface area contributed by atoms with Crippen molar-refractivity contribution in [1.29, 1.82) is 0 Å². The third-order valence-electron chi connectivity index (χ3n) is 1.96. The van der Waals surface area contributed by atoms with Gasteiger partial charge in [0.2, 0.25) is 0 Å². The summed E-state index contributed by atoms with van der Waals surface area (Å²) in [6.07, 6.45) is 0. The summed E-state index contributed by atoms with van der Waals surface area (Å²) >= 11 is 0. The van der Waals surface area contributed by atoms with Crippen molar-refractivity contribution in [3.05, 3.63) is 35.9 Å². The van der Waals surface area contributed by atoms with Crippen LogP contribution in [0.25, 0.3) is 0 Å². The van der Waals surface area contributed by atoms with Crippen molar-refractivity contribution in [2.45, 2.75) is 19.9 Å². The third kappa shape index (κ3) is 2.06. The number of benzene rings is 1. The maximum atomic E-state index is 8.90. The van der Waals surface area contributed by atoms with Gasteiger partial charge in [-0.25, -0.2) is 0 Å². The molecule has 2 N–H and O–H groups in total. The van der Waals surface area contributed by atoms with Gasteiger partial charge in [0, 0.05) is 0 Å². The van der Waals surface area contributed by atoms with Crippen LogP contribution in [-0.4, -0.2) is 5.21 Å². The lowest BCUT2D eigenvalue weighted by atomic mass is 9.97. The molecule has 0 aromatic heterocycles. The second kappa shape index (κ2) is 4.24. The Labute approximate surface area is 73.2 Å². The first-order valence-corrected chi connectivity index (χ1v) is 4.20. The van der Waals surface area contributed by atoms with Crippen LogP contribution in [0.3, 0.4) is 0 Å². The second-order valence-electron chi connectivity index (χ2n) is 3.26. The summed E-state index contributed by atoms with van der Waals surface area (Å²) in [6, 6.07) is 9.97. The van der Waals surface area contributed by atoms with E-state index in [9.17, 15) is 0 Å². The number of hydrogen-bond acceptors (Lipinski definition) is 2. The smallest absolute Gasteiger partial charge is 0.0591 e. The maximum absolute atomic E-state index is 8.90. The average Bonchev–Trinajstić information content (AvgIpc) is 2.07. The quantitative estimate of drug-likeness (QED) is 0.674. The lowest BCUT2D eigenvalue weighted by Crippen LogP contribution is -2.22. The number of hydroxylamine groups is 1. The molecule has 12 heavy (non-hydrogen) atoms. The first-order chi connectivity index (χ1) is 5.75. The van der Waals surface area contributed by atoms with Crippen molar-refractivity contribution in [2.75, 3.05) is 0 Å². The van der Waals surface area contributed by atoms with Crippen LogP contribution in [0.4, 0.5) is 0 Å². The summed E-state index contributed by atoms with van der Waals surface area (Å²) in [5, 5.41) is 8.90. The van der Waals surface area contributed by atoms with Crippen molar-refractivity contribution in [3.63, 3.8) is 0 Å². The van der Waals surface area contributed by atoms with E-state index in [4.69, 9.17) is 5.21 Å². The average molecular weight is 165 g/mol. The Balaban J connectivity index is 2.80. The maximum Gasteiger partial charge on any atom is 0.0591 e. The van der Waals surface area contributed by atoms with Crippen LogP contribution in [0.1, 0.15) is 25.5 Å². The molecule has 0 aliphatic rings. The van der Waals surface area contributed by atoms with E-state index in [2.05, 4.69) is 19.3 Å². The third-order valence-corrected chi connectivity index (χ3v) is 1.96. The monoisotopic (exact) mass is 165 g/mol. The van der Waals surface area contributed by atoms with Gasteiger partial charge in [-0.15, -0.1) is 0 Å². The van der Waals surface area contributed by atoms with E-state index >= 15 is 0 Å². The summed E-state index contributed by atoms with van der Waals surface area (Å²) in [4.78, 5) is 0. The largest absolute Gasteiger partial charge is 0.316 e. The van der Waals surface area contributed by atoms with Gasteiger partial charge in [-0.05, 0) is 11.5 Å². The highest BCUT2D eigenvalue weighted by molar-refractivity contribution is 5.18. The number of nitrogens with one attached hydrogen (secondary N) is 1. The van der Waals surface area contributed by atoms with Gasteiger partial charge in [-0.1, -0.05) is 44.2 Å². The van der Waals surface area contributed by atoms with Gasteiger partial charge in [-0.2, -0.15) is 5.48 Å². The standard InChI is InChI=1S/C10H15NO/c1-8(2)10(11-12)9-6-4-3-5-7-9/h3-8,10-12H,1-2H3/t10-/m1/s1. The molecule has 0 aliphatic heterocycles. The molecule has 1 aromatic rings. The molecule has 0 bridgehead atoms. The van der Waals surface area contributed by atoms with Gasteiger partial charge in [-0.3, -0.25) is 0 Å². The minimum absolute atomic E-state index is 0.0335. The van der Waals surface area contributed by atoms with Crippen LogP contribution in [0.15, 0.2) is 30.3 Å². The molecule has 1 atom stereocenters. The Morgan fingerprint density at radius 3 is 2.17 bits per heavy atom. The van der Waals surface area contributed by atoms with Crippen molar-refractivity contribution in [1.82, 2.24) is 5.48 Å². The zero-order valence-electron chi connectivity index (χ0n) is 7.49. The molecule has 0 unspecified atom stereocenters. The first-order valence-electron chi connectivity index (χ1n) is 4.20. The molecule has 0 amide bonds. The van der Waals surface area contributed by atoms with E-state index in [0.717, 1.165) is 5.56 Å². The van der Waals surface area contributed by atoms with Gasteiger partial charge >= 0.3 is 0 Å². The van der Waals surface area contributed by atoms with Crippen molar-refractivity contribution >= 4 is 0 Å². The molecular weight excluding hydrogens is 150 g/mol. The van der Waals surface area contributed by atoms with Crippen molar-refractivity contribution in [3.8, 4) is 0 Å². The fourth-order valence-corrected chi connectivity index (χ4v) is 1.27. The molecule has 0 radical (unpaired) electrons. The van der Waals surface area contributed by atoms with Crippen LogP contribution in [0, 0.1) is 5.92 Å². The van der Waals surface area contributed by atoms with Crippen LogP contribution in [0.2, 0.25) is 0 Å². The Hall–Kier alpha value is -0.860. The molecule has 1 aromatic carbocycles. The highest BCUT2D eigenvalue weighted by atomic mass is 16.5. The molecule has 2 heteroatoms. The van der Waals surface area contributed by atoms with Crippen LogP contribution in [0.5, 0.6) is 0 Å². The molecule has 0 saturated carbocycles. The molecule has 0 aliphatic carbocycles. The van der Waals surface area contributed by atoms with Gasteiger partial charge in [0.1, 0.15) is 0 Å². The van der Waals surface area contributed by atoms with E-state index in [1.165, 1.54) is 0 Å². The summed E-state index contributed by atoms with van der Waals surface area (Å²) in [5.74, 6) is 0.386. The summed E-state index contributed by atoms with van der Waals surface area (Å²) in [6.45, 7) is 4.14. The SMILES string of the molecule is CC(C)[C@@H](NO)c1ccccc1. The van der Waals surface area contributed by atoms with E-state index < -0.39 is 0 Å². The Bertz CT molecular complexity index is 221. The molecule has 0 fully saturated rings. The predicted molar refractivity (Wildman–Crippen MR) is 48.9 cm³/mol. The highest BCUT2D eigenvalue weighted by Crippen LogP contribution is 2.19. The zero-order chi connectivity index (χ0) is 8.97. The van der Waals surface area contributed by atoms with Crippen LogP contribution in [-0.2, 0) is 0 Å². The molecule has 1 rings (SSSR count). The fourth-order valence-electron chi connectivity index (χ4n) is 1.27. The molecule has 66 valence electrons. The number of hydrogen-bond donors (Lipinski definition) is 2. The molecular formula is C10H15NO. The lowest BCUT2D eigenvalue weighted by Gasteiger charge is -2.18. The molecule has 0 heterocycles. The van der Waals surface area contributed by atoms with Crippen LogP contribution < -0.4 is 5.48 Å². The van der Waals surface area contributed by atoms with Gasteiger partial charge in [0.05, 0.1) is 6.04 Å². The molecule has 2 nitrogen and oxygen atoms in total. The number of rotatable bonds is 3. The van der Waals surface area contributed by atoms with E-state index in [1.807, 2.05) is 30.3 Å². The lowest BCUT2D eigenvalue weighted by molar-refractivity contribution is 0.105. The highest BCUT2D eigenvalue weighted by Gasteiger charge is 2.12. The van der Waals surface area contributed by atoms with E-state index in [0.29, 0.717) is 5.92 Å². The zero-order valence-corrected chi connectivity index (χ0v) is 7.49. The Morgan fingerprint density at radius 1 is 1.17 bits per heavy atom. The van der Waals surface area contributed by atoms with Crippen LogP contribution >= 0.6 is 0 Å². The summed E-state index contributed by atoms with van der Waals surface area (Å²) in [5.41, 5.74) is 3.44. The fraction of sp³-hybridized carbons (Fsp3) is 0.400. The Morgan fingerprint density at radius 2 is 1.75 bits per heavy atom.